The molecule has 0 atom stereocenters. The number of carbonyl (C=O) groups excluding carboxylic acids is 2. The lowest BCUT2D eigenvalue weighted by molar-refractivity contribution is -0.394. The van der Waals surface area contributed by atoms with Gasteiger partial charge in [-0.25, -0.2) is 0 Å². The summed E-state index contributed by atoms with van der Waals surface area (Å²) in [4.78, 5) is 47.1. The summed E-state index contributed by atoms with van der Waals surface area (Å²) in [7, 11) is 0. The number of nitro benzene ring substituents is 2. The first-order valence-electron chi connectivity index (χ1n) is 10.3. The van der Waals surface area contributed by atoms with Crippen molar-refractivity contribution in [1.29, 1.82) is 0 Å². The Kier molecular flexibility index (Phi) is 6.53. The zero-order valence-electron chi connectivity index (χ0n) is 18.1. The molecular formula is C23H18N4O8. The van der Waals surface area contributed by atoms with Crippen molar-refractivity contribution in [2.45, 2.75) is 0 Å². The SMILES string of the molecule is O=C(Nc1ccc2c(c1)OCC(=O)N2CCOc1ccccc1)c1cc([N+](=O)[O-])cc([N+](=O)[O-])c1. The summed E-state index contributed by atoms with van der Waals surface area (Å²) >= 11 is 0. The number of benzene rings is 3. The molecular weight excluding hydrogens is 460 g/mol. The van der Waals surface area contributed by atoms with Crippen LogP contribution in [-0.4, -0.2) is 41.4 Å². The number of nitro groups is 2. The second kappa shape index (κ2) is 9.87. The van der Waals surface area contributed by atoms with E-state index in [-0.39, 0.29) is 36.9 Å². The van der Waals surface area contributed by atoms with Crippen molar-refractivity contribution in [3.05, 3.63) is 92.5 Å². The van der Waals surface area contributed by atoms with Crippen molar-refractivity contribution in [2.75, 3.05) is 30.0 Å². The highest BCUT2D eigenvalue weighted by molar-refractivity contribution is 6.06. The second-order valence-electron chi connectivity index (χ2n) is 7.38. The van der Waals surface area contributed by atoms with Crippen molar-refractivity contribution in [3.63, 3.8) is 0 Å². The molecule has 2 amide bonds. The number of nitrogens with one attached hydrogen (secondary N) is 1. The maximum absolute atomic E-state index is 12.6. The first kappa shape index (κ1) is 23.2. The third kappa shape index (κ3) is 5.33. The largest absolute Gasteiger partial charge is 0.492 e. The van der Waals surface area contributed by atoms with Crippen LogP contribution in [0.25, 0.3) is 0 Å². The van der Waals surface area contributed by atoms with Gasteiger partial charge < -0.3 is 19.7 Å². The van der Waals surface area contributed by atoms with Gasteiger partial charge in [0.15, 0.2) is 6.61 Å². The van der Waals surface area contributed by atoms with Crippen LogP contribution in [0.1, 0.15) is 10.4 Å². The molecule has 1 heterocycles. The third-order valence-corrected chi connectivity index (χ3v) is 5.07. The second-order valence-corrected chi connectivity index (χ2v) is 7.38. The molecule has 178 valence electrons. The Morgan fingerprint density at radius 1 is 1.00 bits per heavy atom. The number of fused-ring (bicyclic) bond motifs is 1. The van der Waals surface area contributed by atoms with E-state index in [1.165, 1.54) is 17.0 Å². The highest BCUT2D eigenvalue weighted by Crippen LogP contribution is 2.35. The fourth-order valence-corrected chi connectivity index (χ4v) is 3.44. The highest BCUT2D eigenvalue weighted by Gasteiger charge is 2.26. The Bertz CT molecular complexity index is 1280. The van der Waals surface area contributed by atoms with Crippen LogP contribution in [0, 0.1) is 20.2 Å². The number of rotatable bonds is 8. The van der Waals surface area contributed by atoms with Gasteiger partial charge in [0.05, 0.1) is 33.7 Å². The molecule has 0 fully saturated rings. The average molecular weight is 478 g/mol. The van der Waals surface area contributed by atoms with E-state index in [0.717, 1.165) is 18.2 Å². The van der Waals surface area contributed by atoms with E-state index in [1.807, 2.05) is 18.2 Å². The molecule has 0 saturated heterocycles. The summed E-state index contributed by atoms with van der Waals surface area (Å²) in [5.41, 5.74) is -0.644. The van der Waals surface area contributed by atoms with Crippen molar-refractivity contribution in [2.24, 2.45) is 0 Å². The van der Waals surface area contributed by atoms with Gasteiger partial charge in [-0.05, 0) is 24.3 Å². The van der Waals surface area contributed by atoms with Crippen molar-refractivity contribution < 1.29 is 28.9 Å². The quantitative estimate of drug-likeness (QED) is 0.381. The fraction of sp³-hybridized carbons (Fsp3) is 0.130. The number of nitrogens with zero attached hydrogens (tertiary/aromatic N) is 3. The van der Waals surface area contributed by atoms with Crippen molar-refractivity contribution in [3.8, 4) is 11.5 Å². The minimum atomic E-state index is -0.816. The van der Waals surface area contributed by atoms with Gasteiger partial charge >= 0.3 is 0 Å². The molecule has 12 heteroatoms. The Labute approximate surface area is 198 Å². The molecule has 3 aromatic carbocycles. The van der Waals surface area contributed by atoms with Gasteiger partial charge in [-0.15, -0.1) is 0 Å². The van der Waals surface area contributed by atoms with Gasteiger partial charge in [-0.2, -0.15) is 0 Å². The smallest absolute Gasteiger partial charge is 0.277 e. The van der Waals surface area contributed by atoms with Crippen molar-refractivity contribution in [1.82, 2.24) is 0 Å². The molecule has 0 unspecified atom stereocenters. The lowest BCUT2D eigenvalue weighted by Crippen LogP contribution is -2.41. The van der Waals surface area contributed by atoms with Gasteiger partial charge in [-0.3, -0.25) is 29.8 Å². The topological polar surface area (TPSA) is 154 Å². The molecule has 12 nitrogen and oxygen atoms in total. The number of amides is 2. The lowest BCUT2D eigenvalue weighted by atomic mass is 10.1. The van der Waals surface area contributed by atoms with Crippen molar-refractivity contribution >= 4 is 34.6 Å². The first-order chi connectivity index (χ1) is 16.8. The monoisotopic (exact) mass is 478 g/mol. The van der Waals surface area contributed by atoms with Crippen LogP contribution in [0.5, 0.6) is 11.5 Å². The van der Waals surface area contributed by atoms with E-state index in [9.17, 15) is 29.8 Å². The van der Waals surface area contributed by atoms with Gasteiger partial charge in [-0.1, -0.05) is 18.2 Å². The summed E-state index contributed by atoms with van der Waals surface area (Å²) < 4.78 is 11.2. The van der Waals surface area contributed by atoms with Gasteiger partial charge in [0, 0.05) is 23.9 Å². The molecule has 0 aliphatic carbocycles. The minimum Gasteiger partial charge on any atom is -0.492 e. The lowest BCUT2D eigenvalue weighted by Gasteiger charge is -2.29. The summed E-state index contributed by atoms with van der Waals surface area (Å²) in [6.07, 6.45) is 0. The van der Waals surface area contributed by atoms with Crippen LogP contribution in [0.4, 0.5) is 22.7 Å². The molecule has 1 aliphatic heterocycles. The Morgan fingerprint density at radius 3 is 2.34 bits per heavy atom. The molecule has 0 spiro atoms. The number of carbonyl (C=O) groups is 2. The van der Waals surface area contributed by atoms with Crippen LogP contribution in [0.3, 0.4) is 0 Å². The Hall–Kier alpha value is -5.00. The number of non-ortho nitro benzene ring substituents is 2. The van der Waals surface area contributed by atoms with Crippen LogP contribution in [0.2, 0.25) is 0 Å². The predicted molar refractivity (Wildman–Crippen MR) is 124 cm³/mol. The zero-order chi connectivity index (χ0) is 24.9. The fourth-order valence-electron chi connectivity index (χ4n) is 3.44. The maximum atomic E-state index is 12.6. The summed E-state index contributed by atoms with van der Waals surface area (Å²) in [5, 5.41) is 24.7. The predicted octanol–water partition coefficient (Wildman–Crippen LogP) is 3.56. The number of anilines is 2. The van der Waals surface area contributed by atoms with Gasteiger partial charge in [0.25, 0.3) is 23.2 Å². The normalized spacial score (nSPS) is 12.3. The summed E-state index contributed by atoms with van der Waals surface area (Å²) in [5.74, 6) is -0.0217. The van der Waals surface area contributed by atoms with E-state index in [1.54, 1.807) is 18.2 Å². The Morgan fingerprint density at radius 2 is 1.69 bits per heavy atom. The molecule has 0 bridgehead atoms. The van der Waals surface area contributed by atoms with Crippen LogP contribution >= 0.6 is 0 Å². The number of ether oxygens (including phenoxy) is 2. The number of hydrogen-bond donors (Lipinski definition) is 1. The summed E-state index contributed by atoms with van der Waals surface area (Å²) in [6, 6.07) is 16.4. The van der Waals surface area contributed by atoms with Crippen LogP contribution < -0.4 is 19.7 Å². The van der Waals surface area contributed by atoms with Gasteiger partial charge in [0.2, 0.25) is 0 Å². The van der Waals surface area contributed by atoms with Gasteiger partial charge in [0.1, 0.15) is 18.1 Å². The van der Waals surface area contributed by atoms with E-state index in [4.69, 9.17) is 9.47 Å². The molecule has 1 aliphatic rings. The number of para-hydroxylation sites is 1. The summed E-state index contributed by atoms with van der Waals surface area (Å²) in [6.45, 7) is 0.319. The van der Waals surface area contributed by atoms with E-state index < -0.39 is 27.1 Å². The molecule has 4 rings (SSSR count). The minimum absolute atomic E-state index is 0.202. The van der Waals surface area contributed by atoms with E-state index in [0.29, 0.717) is 17.2 Å². The Balaban J connectivity index is 1.49. The zero-order valence-corrected chi connectivity index (χ0v) is 18.1. The van der Waals surface area contributed by atoms with E-state index >= 15 is 0 Å². The molecule has 1 N–H and O–H groups in total. The number of hydrogen-bond acceptors (Lipinski definition) is 8. The molecule has 0 aromatic heterocycles. The average Bonchev–Trinajstić information content (AvgIpc) is 2.85. The molecule has 3 aromatic rings. The maximum Gasteiger partial charge on any atom is 0.277 e. The van der Waals surface area contributed by atoms with Crippen LogP contribution in [-0.2, 0) is 4.79 Å². The highest BCUT2D eigenvalue weighted by atomic mass is 16.6. The van der Waals surface area contributed by atoms with Crippen LogP contribution in [0.15, 0.2) is 66.7 Å². The molecule has 0 radical (unpaired) electrons. The first-order valence-corrected chi connectivity index (χ1v) is 10.3. The standard InChI is InChI=1S/C23H18N4O8/c28-22-14-35-21-12-16(6-7-20(21)25(22)8-9-34-19-4-2-1-3-5-19)24-23(29)15-10-17(26(30)31)13-18(11-15)27(32)33/h1-7,10-13H,8-9,14H2,(H,24,29). The van der Waals surface area contributed by atoms with E-state index in [2.05, 4.69) is 5.32 Å². The molecule has 35 heavy (non-hydrogen) atoms. The molecule has 0 saturated carbocycles. The third-order valence-electron chi connectivity index (χ3n) is 5.07.